The number of para-hydroxylation sites is 2. The van der Waals surface area contributed by atoms with Crippen molar-refractivity contribution in [2.45, 2.75) is 26.2 Å². The van der Waals surface area contributed by atoms with Gasteiger partial charge in [0.15, 0.2) is 0 Å². The molecular weight excluding hydrogens is 294 g/mol. The van der Waals surface area contributed by atoms with Crippen LogP contribution in [-0.2, 0) is 12.8 Å². The maximum Gasteiger partial charge on any atom is 0.268 e. The highest BCUT2D eigenvalue weighted by Crippen LogP contribution is 2.36. The van der Waals surface area contributed by atoms with E-state index in [0.29, 0.717) is 13.2 Å². The second-order valence-corrected chi connectivity index (χ2v) is 7.32. The molecule has 1 aromatic carbocycles. The summed E-state index contributed by atoms with van der Waals surface area (Å²) in [5.41, 5.74) is 2.27. The highest BCUT2D eigenvalue weighted by atomic mass is 32.1. The van der Waals surface area contributed by atoms with Crippen LogP contribution in [0.25, 0.3) is 0 Å². The van der Waals surface area contributed by atoms with E-state index in [9.17, 15) is 4.79 Å². The van der Waals surface area contributed by atoms with E-state index >= 15 is 0 Å². The number of hydrogen-bond donors (Lipinski definition) is 0. The molecule has 1 amide bonds. The molecule has 4 rings (SSSR count). The number of fused-ring (bicyclic) bond motifs is 2. The van der Waals surface area contributed by atoms with Gasteiger partial charge in [0.1, 0.15) is 12.4 Å². The van der Waals surface area contributed by atoms with Crippen LogP contribution in [0, 0.1) is 5.92 Å². The number of rotatable bonds is 1. The number of nitrogens with zero attached hydrogens (tertiary/aromatic N) is 1. The van der Waals surface area contributed by atoms with Crippen LogP contribution in [0.3, 0.4) is 0 Å². The van der Waals surface area contributed by atoms with Gasteiger partial charge in [-0.3, -0.25) is 4.79 Å². The molecule has 0 fully saturated rings. The summed E-state index contributed by atoms with van der Waals surface area (Å²) in [7, 11) is 0. The summed E-state index contributed by atoms with van der Waals surface area (Å²) >= 11 is 1.68. The largest absolute Gasteiger partial charge is 0.490 e. The van der Waals surface area contributed by atoms with E-state index in [1.807, 2.05) is 29.2 Å². The molecule has 0 radical (unpaired) electrons. The lowest BCUT2D eigenvalue weighted by Gasteiger charge is -2.29. The van der Waals surface area contributed by atoms with Crippen molar-refractivity contribution in [3.63, 3.8) is 0 Å². The smallest absolute Gasteiger partial charge is 0.268 e. The van der Waals surface area contributed by atoms with Gasteiger partial charge in [0.05, 0.1) is 17.1 Å². The van der Waals surface area contributed by atoms with E-state index < -0.39 is 0 Å². The molecule has 0 N–H and O–H groups in total. The van der Waals surface area contributed by atoms with Crippen molar-refractivity contribution >= 4 is 22.9 Å². The topological polar surface area (TPSA) is 29.5 Å². The number of thiophene rings is 1. The molecule has 1 aromatic heterocycles. The quantitative estimate of drug-likeness (QED) is 0.799. The molecular formula is C18H19NO2S. The predicted molar refractivity (Wildman–Crippen MR) is 89.1 cm³/mol. The first-order valence-electron chi connectivity index (χ1n) is 7.87. The van der Waals surface area contributed by atoms with Crippen LogP contribution in [0.5, 0.6) is 5.75 Å². The molecule has 0 unspecified atom stereocenters. The first-order valence-corrected chi connectivity index (χ1v) is 8.69. The number of amides is 1. The second kappa shape index (κ2) is 5.43. The Balaban J connectivity index is 1.66. The molecule has 0 saturated heterocycles. The van der Waals surface area contributed by atoms with Gasteiger partial charge in [0.2, 0.25) is 0 Å². The maximum atomic E-state index is 12.9. The Bertz CT molecular complexity index is 722. The lowest BCUT2D eigenvalue weighted by Crippen LogP contribution is -2.37. The van der Waals surface area contributed by atoms with E-state index in [0.717, 1.165) is 35.1 Å². The number of benzene rings is 1. The van der Waals surface area contributed by atoms with Gasteiger partial charge in [-0.2, -0.15) is 0 Å². The average Bonchev–Trinajstić information content (AvgIpc) is 2.96. The van der Waals surface area contributed by atoms with E-state index in [-0.39, 0.29) is 5.91 Å². The Kier molecular flexibility index (Phi) is 3.41. The molecule has 2 heterocycles. The summed E-state index contributed by atoms with van der Waals surface area (Å²) in [6.07, 6.45) is 3.47. The SMILES string of the molecule is C[C@@H]1CCc2sc(C(=O)N3CCOc4ccccc43)cc2C1. The molecule has 0 bridgehead atoms. The van der Waals surface area contributed by atoms with Gasteiger partial charge in [0, 0.05) is 4.88 Å². The van der Waals surface area contributed by atoms with Crippen LogP contribution in [0.15, 0.2) is 30.3 Å². The fourth-order valence-corrected chi connectivity index (χ4v) is 4.48. The van der Waals surface area contributed by atoms with Gasteiger partial charge in [-0.1, -0.05) is 19.1 Å². The standard InChI is InChI=1S/C18H19NO2S/c1-12-6-7-16-13(10-12)11-17(22-16)18(20)19-8-9-21-15-5-3-2-4-14(15)19/h2-5,11-12H,6-10H2,1H3/t12-/m1/s1. The zero-order valence-corrected chi connectivity index (χ0v) is 13.5. The van der Waals surface area contributed by atoms with Crippen molar-refractivity contribution in [2.75, 3.05) is 18.1 Å². The highest BCUT2D eigenvalue weighted by molar-refractivity contribution is 7.14. The predicted octanol–water partition coefficient (Wildman–Crippen LogP) is 3.91. The minimum atomic E-state index is 0.114. The lowest BCUT2D eigenvalue weighted by molar-refractivity contribution is 0.0980. The van der Waals surface area contributed by atoms with Crippen LogP contribution in [0.2, 0.25) is 0 Å². The molecule has 0 saturated carbocycles. The summed E-state index contributed by atoms with van der Waals surface area (Å²) < 4.78 is 5.64. The van der Waals surface area contributed by atoms with Crippen molar-refractivity contribution in [1.29, 1.82) is 0 Å². The summed E-state index contributed by atoms with van der Waals surface area (Å²) in [6, 6.07) is 9.90. The van der Waals surface area contributed by atoms with Gasteiger partial charge >= 0.3 is 0 Å². The number of anilines is 1. The van der Waals surface area contributed by atoms with Gasteiger partial charge in [-0.25, -0.2) is 0 Å². The molecule has 1 aliphatic carbocycles. The zero-order valence-electron chi connectivity index (χ0n) is 12.7. The van der Waals surface area contributed by atoms with Crippen LogP contribution >= 0.6 is 11.3 Å². The highest BCUT2D eigenvalue weighted by Gasteiger charge is 2.27. The normalized spacial score (nSPS) is 20.0. The second-order valence-electron chi connectivity index (χ2n) is 6.18. The maximum absolute atomic E-state index is 12.9. The van der Waals surface area contributed by atoms with E-state index in [2.05, 4.69) is 13.0 Å². The number of carbonyl (C=O) groups excluding carboxylic acids is 1. The van der Waals surface area contributed by atoms with Crippen LogP contribution in [0.1, 0.15) is 33.5 Å². The third-order valence-corrected chi connectivity index (χ3v) is 5.74. The van der Waals surface area contributed by atoms with Crippen LogP contribution in [-0.4, -0.2) is 19.1 Å². The van der Waals surface area contributed by atoms with E-state index in [1.165, 1.54) is 16.9 Å². The molecule has 1 aliphatic heterocycles. The van der Waals surface area contributed by atoms with E-state index in [4.69, 9.17) is 4.74 Å². The third kappa shape index (κ3) is 2.31. The Morgan fingerprint density at radius 2 is 2.23 bits per heavy atom. The van der Waals surface area contributed by atoms with Crippen molar-refractivity contribution in [3.8, 4) is 5.75 Å². The first-order chi connectivity index (χ1) is 10.7. The summed E-state index contributed by atoms with van der Waals surface area (Å²) in [5.74, 6) is 1.65. The fourth-order valence-electron chi connectivity index (χ4n) is 3.32. The average molecular weight is 313 g/mol. The van der Waals surface area contributed by atoms with Crippen molar-refractivity contribution in [3.05, 3.63) is 45.6 Å². The third-order valence-electron chi connectivity index (χ3n) is 4.51. The van der Waals surface area contributed by atoms with Crippen molar-refractivity contribution in [1.82, 2.24) is 0 Å². The Labute approximate surface area is 134 Å². The Hall–Kier alpha value is -1.81. The number of ether oxygens (including phenoxy) is 1. The molecule has 1 atom stereocenters. The Morgan fingerprint density at radius 3 is 3.14 bits per heavy atom. The lowest BCUT2D eigenvalue weighted by atomic mass is 9.90. The molecule has 0 spiro atoms. The molecule has 4 heteroatoms. The molecule has 2 aliphatic rings. The van der Waals surface area contributed by atoms with Gasteiger partial charge < -0.3 is 9.64 Å². The summed E-state index contributed by atoms with van der Waals surface area (Å²) in [5, 5.41) is 0. The zero-order chi connectivity index (χ0) is 15.1. The molecule has 22 heavy (non-hydrogen) atoms. The van der Waals surface area contributed by atoms with Crippen molar-refractivity contribution < 1.29 is 9.53 Å². The monoisotopic (exact) mass is 313 g/mol. The number of carbonyl (C=O) groups is 1. The van der Waals surface area contributed by atoms with Crippen LogP contribution in [0.4, 0.5) is 5.69 Å². The number of hydrogen-bond acceptors (Lipinski definition) is 3. The van der Waals surface area contributed by atoms with Crippen LogP contribution < -0.4 is 9.64 Å². The van der Waals surface area contributed by atoms with Gasteiger partial charge in [-0.15, -0.1) is 11.3 Å². The first kappa shape index (κ1) is 13.8. The Morgan fingerprint density at radius 1 is 1.36 bits per heavy atom. The summed E-state index contributed by atoms with van der Waals surface area (Å²) in [4.78, 5) is 17.1. The minimum absolute atomic E-state index is 0.114. The fraction of sp³-hybridized carbons (Fsp3) is 0.389. The minimum Gasteiger partial charge on any atom is -0.490 e. The van der Waals surface area contributed by atoms with Crippen molar-refractivity contribution in [2.24, 2.45) is 5.92 Å². The molecule has 114 valence electrons. The summed E-state index contributed by atoms with van der Waals surface area (Å²) in [6.45, 7) is 3.47. The molecule has 2 aromatic rings. The molecule has 3 nitrogen and oxygen atoms in total. The van der Waals surface area contributed by atoms with Gasteiger partial charge in [0.25, 0.3) is 5.91 Å². The van der Waals surface area contributed by atoms with Gasteiger partial charge in [-0.05, 0) is 48.9 Å². The van der Waals surface area contributed by atoms with E-state index in [1.54, 1.807) is 11.3 Å². The number of aryl methyl sites for hydroxylation is 1.